The molecule has 0 aromatic heterocycles. The SMILES string of the molecule is CCN(Cc1ccccc1C)C(=O)c1cccc(CS(C)=O)c1. The van der Waals surface area contributed by atoms with Crippen LogP contribution in [-0.2, 0) is 23.1 Å². The van der Waals surface area contributed by atoms with E-state index in [4.69, 9.17) is 0 Å². The molecule has 2 aromatic rings. The lowest BCUT2D eigenvalue weighted by Crippen LogP contribution is -2.30. The maximum Gasteiger partial charge on any atom is 0.254 e. The van der Waals surface area contributed by atoms with Crippen LogP contribution in [0.1, 0.15) is 34.0 Å². The van der Waals surface area contributed by atoms with Crippen LogP contribution in [-0.4, -0.2) is 27.8 Å². The summed E-state index contributed by atoms with van der Waals surface area (Å²) in [6.45, 7) is 5.30. The van der Waals surface area contributed by atoms with Crippen LogP contribution < -0.4 is 0 Å². The van der Waals surface area contributed by atoms with Gasteiger partial charge in [0.2, 0.25) is 0 Å². The van der Waals surface area contributed by atoms with Gasteiger partial charge in [-0.05, 0) is 42.7 Å². The van der Waals surface area contributed by atoms with Crippen LogP contribution in [0.5, 0.6) is 0 Å². The van der Waals surface area contributed by atoms with Crippen molar-refractivity contribution in [3.8, 4) is 0 Å². The van der Waals surface area contributed by atoms with E-state index in [1.807, 2.05) is 48.2 Å². The van der Waals surface area contributed by atoms with Gasteiger partial charge in [-0.15, -0.1) is 0 Å². The highest BCUT2D eigenvalue weighted by Gasteiger charge is 2.15. The Labute approximate surface area is 140 Å². The average Bonchev–Trinajstić information content (AvgIpc) is 2.53. The number of hydrogen-bond acceptors (Lipinski definition) is 2. The number of nitrogens with zero attached hydrogens (tertiary/aromatic N) is 1. The van der Waals surface area contributed by atoms with Crippen molar-refractivity contribution in [1.82, 2.24) is 4.90 Å². The fourth-order valence-electron chi connectivity index (χ4n) is 2.53. The molecule has 1 unspecified atom stereocenters. The number of carbonyl (C=O) groups excluding carboxylic acids is 1. The standard InChI is InChI=1S/C19H23NO2S/c1-4-20(13-18-10-6-5-8-15(18)2)19(21)17-11-7-9-16(12-17)14-23(3)22/h5-12H,4,13-14H2,1-3H3. The summed E-state index contributed by atoms with van der Waals surface area (Å²) >= 11 is 0. The van der Waals surface area contributed by atoms with Gasteiger partial charge in [0.05, 0.1) is 0 Å². The van der Waals surface area contributed by atoms with Crippen molar-refractivity contribution in [3.63, 3.8) is 0 Å². The molecule has 0 N–H and O–H groups in total. The number of aryl methyl sites for hydroxylation is 1. The van der Waals surface area contributed by atoms with Crippen molar-refractivity contribution in [2.45, 2.75) is 26.1 Å². The second-order valence-corrected chi connectivity index (χ2v) is 7.10. The summed E-state index contributed by atoms with van der Waals surface area (Å²) in [4.78, 5) is 14.6. The zero-order valence-electron chi connectivity index (χ0n) is 13.9. The Morgan fingerprint density at radius 1 is 1.13 bits per heavy atom. The van der Waals surface area contributed by atoms with Gasteiger partial charge in [-0.3, -0.25) is 9.00 Å². The largest absolute Gasteiger partial charge is 0.335 e. The van der Waals surface area contributed by atoms with Gasteiger partial charge in [0, 0.05) is 41.5 Å². The normalized spacial score (nSPS) is 12.0. The molecule has 3 nitrogen and oxygen atoms in total. The lowest BCUT2D eigenvalue weighted by molar-refractivity contribution is 0.0752. The van der Waals surface area contributed by atoms with E-state index in [2.05, 4.69) is 19.1 Å². The summed E-state index contributed by atoms with van der Waals surface area (Å²) in [5, 5.41) is 0. The van der Waals surface area contributed by atoms with Gasteiger partial charge in [0.1, 0.15) is 0 Å². The van der Waals surface area contributed by atoms with Crippen LogP contribution >= 0.6 is 0 Å². The van der Waals surface area contributed by atoms with Crippen LogP contribution in [0.4, 0.5) is 0 Å². The molecule has 0 saturated carbocycles. The lowest BCUT2D eigenvalue weighted by Gasteiger charge is -2.22. The van der Waals surface area contributed by atoms with Gasteiger partial charge >= 0.3 is 0 Å². The Bertz CT molecular complexity index is 712. The van der Waals surface area contributed by atoms with Gasteiger partial charge < -0.3 is 4.90 Å². The lowest BCUT2D eigenvalue weighted by atomic mass is 10.1. The van der Waals surface area contributed by atoms with Crippen LogP contribution in [0, 0.1) is 6.92 Å². The van der Waals surface area contributed by atoms with E-state index < -0.39 is 10.8 Å². The Morgan fingerprint density at radius 2 is 1.87 bits per heavy atom. The molecule has 1 atom stereocenters. The van der Waals surface area contributed by atoms with Crippen molar-refractivity contribution in [2.75, 3.05) is 12.8 Å². The Hall–Kier alpha value is -1.94. The molecule has 0 aliphatic heterocycles. The van der Waals surface area contributed by atoms with Crippen LogP contribution in [0.2, 0.25) is 0 Å². The molecule has 0 spiro atoms. The molecule has 0 heterocycles. The molecule has 0 fully saturated rings. The zero-order chi connectivity index (χ0) is 16.8. The molecular formula is C19H23NO2S. The van der Waals surface area contributed by atoms with Crippen molar-refractivity contribution < 1.29 is 9.00 Å². The minimum atomic E-state index is -0.910. The van der Waals surface area contributed by atoms with Gasteiger partial charge in [-0.25, -0.2) is 0 Å². The van der Waals surface area contributed by atoms with E-state index in [1.54, 1.807) is 6.26 Å². The predicted molar refractivity (Wildman–Crippen MR) is 95.8 cm³/mol. The minimum Gasteiger partial charge on any atom is -0.335 e. The highest BCUT2D eigenvalue weighted by atomic mass is 32.2. The summed E-state index contributed by atoms with van der Waals surface area (Å²) in [5.74, 6) is 0.491. The van der Waals surface area contributed by atoms with E-state index >= 15 is 0 Å². The molecule has 23 heavy (non-hydrogen) atoms. The highest BCUT2D eigenvalue weighted by Crippen LogP contribution is 2.15. The molecule has 122 valence electrons. The number of hydrogen-bond donors (Lipinski definition) is 0. The molecule has 2 aromatic carbocycles. The van der Waals surface area contributed by atoms with E-state index in [1.165, 1.54) is 5.56 Å². The van der Waals surface area contributed by atoms with Gasteiger partial charge in [0.25, 0.3) is 5.91 Å². The highest BCUT2D eigenvalue weighted by molar-refractivity contribution is 7.83. The van der Waals surface area contributed by atoms with E-state index in [0.717, 1.165) is 11.1 Å². The first-order chi connectivity index (χ1) is 11.0. The number of amides is 1. The first kappa shape index (κ1) is 17.4. The number of benzene rings is 2. The Kier molecular flexibility index (Phi) is 6.11. The average molecular weight is 329 g/mol. The van der Waals surface area contributed by atoms with Crippen molar-refractivity contribution >= 4 is 16.7 Å². The van der Waals surface area contributed by atoms with E-state index in [9.17, 15) is 9.00 Å². The molecular weight excluding hydrogens is 306 g/mol. The monoisotopic (exact) mass is 329 g/mol. The first-order valence-electron chi connectivity index (χ1n) is 7.74. The van der Waals surface area contributed by atoms with E-state index in [0.29, 0.717) is 24.4 Å². The fourth-order valence-corrected chi connectivity index (χ4v) is 3.18. The molecule has 4 heteroatoms. The predicted octanol–water partition coefficient (Wildman–Crippen LogP) is 3.54. The summed E-state index contributed by atoms with van der Waals surface area (Å²) in [6.07, 6.45) is 1.67. The summed E-state index contributed by atoms with van der Waals surface area (Å²) < 4.78 is 11.4. The van der Waals surface area contributed by atoms with Gasteiger partial charge in [-0.2, -0.15) is 0 Å². The molecule has 2 rings (SSSR count). The molecule has 0 radical (unpaired) electrons. The minimum absolute atomic E-state index is 0.0134. The maximum atomic E-state index is 12.8. The third-order valence-corrected chi connectivity index (χ3v) is 4.58. The van der Waals surface area contributed by atoms with Gasteiger partial charge in [-0.1, -0.05) is 36.4 Å². The molecule has 0 saturated heterocycles. The first-order valence-corrected chi connectivity index (χ1v) is 9.46. The molecule has 0 aliphatic rings. The zero-order valence-corrected chi connectivity index (χ0v) is 14.7. The summed E-state index contributed by atoms with van der Waals surface area (Å²) in [6, 6.07) is 15.6. The van der Waals surface area contributed by atoms with Crippen LogP contribution in [0.25, 0.3) is 0 Å². The van der Waals surface area contributed by atoms with E-state index in [-0.39, 0.29) is 5.91 Å². The second-order valence-electron chi connectivity index (χ2n) is 5.66. The van der Waals surface area contributed by atoms with Crippen molar-refractivity contribution in [3.05, 3.63) is 70.8 Å². The molecule has 0 aliphatic carbocycles. The fraction of sp³-hybridized carbons (Fsp3) is 0.316. The Balaban J connectivity index is 2.20. The Morgan fingerprint density at radius 3 is 2.52 bits per heavy atom. The third-order valence-electron chi connectivity index (χ3n) is 3.84. The third kappa shape index (κ3) is 4.76. The maximum absolute atomic E-state index is 12.8. The van der Waals surface area contributed by atoms with Crippen LogP contribution in [0.15, 0.2) is 48.5 Å². The van der Waals surface area contributed by atoms with Crippen LogP contribution in [0.3, 0.4) is 0 Å². The van der Waals surface area contributed by atoms with Crippen molar-refractivity contribution in [1.29, 1.82) is 0 Å². The van der Waals surface area contributed by atoms with Gasteiger partial charge in [0.15, 0.2) is 0 Å². The smallest absolute Gasteiger partial charge is 0.254 e. The summed E-state index contributed by atoms with van der Waals surface area (Å²) in [7, 11) is -0.910. The topological polar surface area (TPSA) is 37.4 Å². The van der Waals surface area contributed by atoms with Crippen molar-refractivity contribution in [2.24, 2.45) is 0 Å². The number of carbonyl (C=O) groups is 1. The molecule has 0 bridgehead atoms. The number of rotatable bonds is 6. The molecule has 1 amide bonds. The quantitative estimate of drug-likeness (QED) is 0.813. The summed E-state index contributed by atoms with van der Waals surface area (Å²) in [5.41, 5.74) is 3.94. The second kappa shape index (κ2) is 8.06.